The first kappa shape index (κ1) is 13.1. The summed E-state index contributed by atoms with van der Waals surface area (Å²) >= 11 is 1.93. The molecule has 0 aromatic heterocycles. The second-order valence-electron chi connectivity index (χ2n) is 4.72. The zero-order chi connectivity index (χ0) is 13.0. The summed E-state index contributed by atoms with van der Waals surface area (Å²) in [5.74, 6) is 0. The highest BCUT2D eigenvalue weighted by molar-refractivity contribution is 7.99. The number of benzene rings is 1. The molecule has 0 bridgehead atoms. The van der Waals surface area contributed by atoms with Gasteiger partial charge in [-0.1, -0.05) is 12.8 Å². The number of nitriles is 1. The van der Waals surface area contributed by atoms with E-state index in [1.807, 2.05) is 23.9 Å². The van der Waals surface area contributed by atoms with E-state index in [4.69, 9.17) is 11.0 Å². The molecule has 0 radical (unpaired) electrons. The Morgan fingerprint density at radius 1 is 1.39 bits per heavy atom. The van der Waals surface area contributed by atoms with Crippen molar-refractivity contribution in [1.82, 2.24) is 0 Å². The van der Waals surface area contributed by atoms with Gasteiger partial charge >= 0.3 is 0 Å². The molecule has 1 aliphatic carbocycles. The van der Waals surface area contributed by atoms with Crippen LogP contribution in [0.25, 0.3) is 0 Å². The number of thioether (sulfide) groups is 1. The van der Waals surface area contributed by atoms with E-state index in [1.165, 1.54) is 25.7 Å². The lowest BCUT2D eigenvalue weighted by Crippen LogP contribution is -2.34. The average molecular weight is 261 g/mol. The molecule has 0 aliphatic heterocycles. The first-order valence-corrected chi connectivity index (χ1v) is 7.62. The van der Waals surface area contributed by atoms with Crippen molar-refractivity contribution in [3.05, 3.63) is 23.8 Å². The van der Waals surface area contributed by atoms with E-state index >= 15 is 0 Å². The lowest BCUT2D eigenvalue weighted by Gasteiger charge is -2.32. The van der Waals surface area contributed by atoms with E-state index < -0.39 is 0 Å². The minimum atomic E-state index is 0.490. The molecule has 96 valence electrons. The fourth-order valence-electron chi connectivity index (χ4n) is 2.51. The zero-order valence-corrected chi connectivity index (χ0v) is 11.5. The van der Waals surface area contributed by atoms with Crippen LogP contribution in [0.2, 0.25) is 0 Å². The maximum absolute atomic E-state index is 8.83. The summed E-state index contributed by atoms with van der Waals surface area (Å²) in [6, 6.07) is 8.06. The van der Waals surface area contributed by atoms with Crippen molar-refractivity contribution >= 4 is 23.1 Å². The number of anilines is 2. The van der Waals surface area contributed by atoms with Crippen molar-refractivity contribution in [2.24, 2.45) is 0 Å². The molecule has 1 fully saturated rings. The van der Waals surface area contributed by atoms with Crippen LogP contribution < -0.4 is 11.1 Å². The maximum atomic E-state index is 8.83. The van der Waals surface area contributed by atoms with Gasteiger partial charge in [-0.15, -0.1) is 0 Å². The van der Waals surface area contributed by atoms with Gasteiger partial charge in [0.15, 0.2) is 0 Å². The third kappa shape index (κ3) is 2.91. The molecule has 2 unspecified atom stereocenters. The van der Waals surface area contributed by atoms with E-state index in [-0.39, 0.29) is 0 Å². The molecule has 0 heterocycles. The van der Waals surface area contributed by atoms with Crippen LogP contribution in [0.15, 0.2) is 18.2 Å². The van der Waals surface area contributed by atoms with Crippen LogP contribution in [0.3, 0.4) is 0 Å². The monoisotopic (exact) mass is 261 g/mol. The lowest BCUT2D eigenvalue weighted by atomic mass is 9.94. The molecule has 4 heteroatoms. The molecule has 2 rings (SSSR count). The summed E-state index contributed by atoms with van der Waals surface area (Å²) in [4.78, 5) is 0. The topological polar surface area (TPSA) is 61.8 Å². The fourth-order valence-corrected chi connectivity index (χ4v) is 3.44. The molecule has 0 saturated heterocycles. The normalized spacial score (nSPS) is 23.3. The number of rotatable bonds is 3. The Balaban J connectivity index is 2.10. The molecule has 0 spiro atoms. The van der Waals surface area contributed by atoms with Gasteiger partial charge < -0.3 is 11.1 Å². The van der Waals surface area contributed by atoms with Crippen molar-refractivity contribution in [2.45, 2.75) is 37.0 Å². The molecule has 1 saturated carbocycles. The van der Waals surface area contributed by atoms with Gasteiger partial charge in [-0.05, 0) is 37.3 Å². The summed E-state index contributed by atoms with van der Waals surface area (Å²) in [7, 11) is 0. The maximum Gasteiger partial charge on any atom is 0.0992 e. The third-order valence-corrected chi connectivity index (χ3v) is 4.70. The van der Waals surface area contributed by atoms with Crippen molar-refractivity contribution < 1.29 is 0 Å². The summed E-state index contributed by atoms with van der Waals surface area (Å²) < 4.78 is 0. The fraction of sp³-hybridized carbons (Fsp3) is 0.500. The van der Waals surface area contributed by atoms with Crippen LogP contribution >= 0.6 is 11.8 Å². The van der Waals surface area contributed by atoms with Gasteiger partial charge in [-0.25, -0.2) is 0 Å². The van der Waals surface area contributed by atoms with Crippen LogP contribution in [-0.2, 0) is 0 Å². The predicted octanol–water partition coefficient (Wildman–Crippen LogP) is 3.23. The molecule has 3 N–H and O–H groups in total. The largest absolute Gasteiger partial charge is 0.397 e. The summed E-state index contributed by atoms with van der Waals surface area (Å²) in [5.41, 5.74) is 8.22. The Bertz CT molecular complexity index is 453. The Morgan fingerprint density at radius 3 is 2.83 bits per heavy atom. The van der Waals surface area contributed by atoms with E-state index in [1.54, 1.807) is 6.07 Å². The number of hydrogen-bond acceptors (Lipinski definition) is 4. The number of nitrogen functional groups attached to an aromatic ring is 1. The standard InChI is InChI=1S/C14H19N3S/c1-18-14-5-3-2-4-13(14)17-12-7-6-10(9-15)8-11(12)16/h6-8,13-14,17H,2-5,16H2,1H3. The van der Waals surface area contributed by atoms with Gasteiger partial charge in [0, 0.05) is 11.3 Å². The van der Waals surface area contributed by atoms with Gasteiger partial charge in [0.25, 0.3) is 0 Å². The van der Waals surface area contributed by atoms with Crippen LogP contribution in [-0.4, -0.2) is 17.5 Å². The van der Waals surface area contributed by atoms with Gasteiger partial charge in [0.05, 0.1) is 23.0 Å². The van der Waals surface area contributed by atoms with Crippen molar-refractivity contribution in [3.63, 3.8) is 0 Å². The van der Waals surface area contributed by atoms with Crippen molar-refractivity contribution in [1.29, 1.82) is 5.26 Å². The van der Waals surface area contributed by atoms with E-state index in [0.717, 1.165) is 5.69 Å². The second-order valence-corrected chi connectivity index (χ2v) is 5.80. The van der Waals surface area contributed by atoms with Gasteiger partial charge in [0.1, 0.15) is 0 Å². The van der Waals surface area contributed by atoms with Gasteiger partial charge in [-0.2, -0.15) is 17.0 Å². The number of nitrogens with zero attached hydrogens (tertiary/aromatic N) is 1. The molecule has 3 nitrogen and oxygen atoms in total. The van der Waals surface area contributed by atoms with E-state index in [0.29, 0.717) is 22.5 Å². The number of hydrogen-bond donors (Lipinski definition) is 2. The lowest BCUT2D eigenvalue weighted by molar-refractivity contribution is 0.475. The van der Waals surface area contributed by atoms with Crippen molar-refractivity contribution in [2.75, 3.05) is 17.3 Å². The summed E-state index contributed by atoms with van der Waals surface area (Å²) in [6.07, 6.45) is 7.25. The minimum absolute atomic E-state index is 0.490. The first-order valence-electron chi connectivity index (χ1n) is 6.33. The predicted molar refractivity (Wildman–Crippen MR) is 78.8 cm³/mol. The number of nitrogens with one attached hydrogen (secondary N) is 1. The molecule has 0 amide bonds. The zero-order valence-electron chi connectivity index (χ0n) is 10.6. The van der Waals surface area contributed by atoms with Crippen LogP contribution in [0, 0.1) is 11.3 Å². The van der Waals surface area contributed by atoms with Gasteiger partial charge in [0.2, 0.25) is 0 Å². The SMILES string of the molecule is CSC1CCCCC1Nc1ccc(C#N)cc1N. The Morgan fingerprint density at radius 2 is 2.17 bits per heavy atom. The molecule has 1 aromatic rings. The second kappa shape index (κ2) is 6.01. The summed E-state index contributed by atoms with van der Waals surface area (Å²) in [6.45, 7) is 0. The van der Waals surface area contributed by atoms with E-state index in [2.05, 4.69) is 17.6 Å². The molecule has 1 aliphatic rings. The first-order chi connectivity index (χ1) is 8.74. The smallest absolute Gasteiger partial charge is 0.0992 e. The molecule has 18 heavy (non-hydrogen) atoms. The van der Waals surface area contributed by atoms with Crippen molar-refractivity contribution in [3.8, 4) is 6.07 Å². The molecule has 1 aromatic carbocycles. The van der Waals surface area contributed by atoms with E-state index in [9.17, 15) is 0 Å². The highest BCUT2D eigenvalue weighted by atomic mass is 32.2. The molecule has 2 atom stereocenters. The highest BCUT2D eigenvalue weighted by Crippen LogP contribution is 2.31. The Kier molecular flexibility index (Phi) is 4.38. The Hall–Kier alpha value is -1.34. The average Bonchev–Trinajstić information content (AvgIpc) is 2.41. The summed E-state index contributed by atoms with van der Waals surface area (Å²) in [5, 5.41) is 13.0. The third-order valence-electron chi connectivity index (χ3n) is 3.53. The Labute approximate surface area is 113 Å². The highest BCUT2D eigenvalue weighted by Gasteiger charge is 2.24. The van der Waals surface area contributed by atoms with Gasteiger partial charge in [-0.3, -0.25) is 0 Å². The minimum Gasteiger partial charge on any atom is -0.397 e. The van der Waals surface area contributed by atoms with Crippen LogP contribution in [0.4, 0.5) is 11.4 Å². The molecular formula is C14H19N3S. The van der Waals surface area contributed by atoms with Crippen LogP contribution in [0.5, 0.6) is 0 Å². The number of nitrogens with two attached hydrogens (primary N) is 1. The quantitative estimate of drug-likeness (QED) is 0.820. The molecular weight excluding hydrogens is 242 g/mol. The van der Waals surface area contributed by atoms with Crippen LogP contribution in [0.1, 0.15) is 31.2 Å².